The molecule has 0 saturated heterocycles. The van der Waals surface area contributed by atoms with Crippen molar-refractivity contribution in [2.75, 3.05) is 6.54 Å². The molecule has 0 aliphatic carbocycles. The Bertz CT molecular complexity index is 591. The Balaban J connectivity index is 3.06. The molecule has 0 fully saturated rings. The predicted molar refractivity (Wildman–Crippen MR) is 65.8 cm³/mol. The van der Waals surface area contributed by atoms with Gasteiger partial charge in [-0.25, -0.2) is 0 Å². The first kappa shape index (κ1) is 16.8. The molecular formula is C12H11F3N4O2. The van der Waals surface area contributed by atoms with Crippen molar-refractivity contribution < 1.29 is 23.4 Å². The summed E-state index contributed by atoms with van der Waals surface area (Å²) in [7, 11) is 0. The molecule has 112 valence electrons. The van der Waals surface area contributed by atoms with Crippen LogP contribution >= 0.6 is 0 Å². The van der Waals surface area contributed by atoms with E-state index in [1.165, 1.54) is 0 Å². The Morgan fingerprint density at radius 1 is 1.33 bits per heavy atom. The third-order valence-corrected chi connectivity index (χ3v) is 2.71. The van der Waals surface area contributed by atoms with Gasteiger partial charge in [-0.3, -0.25) is 0 Å². The largest absolute Gasteiger partial charge is 0.416 e. The highest BCUT2D eigenvalue weighted by molar-refractivity contribution is 5.39. The average molecular weight is 300 g/mol. The van der Waals surface area contributed by atoms with Gasteiger partial charge in [0.05, 0.1) is 23.3 Å². The fraction of sp³-hybridized carbons (Fsp3) is 0.417. The van der Waals surface area contributed by atoms with Crippen molar-refractivity contribution in [1.29, 1.82) is 5.26 Å². The molecule has 0 aliphatic rings. The zero-order valence-electron chi connectivity index (χ0n) is 10.6. The number of aliphatic hydroxyl groups excluding tert-OH is 2. The summed E-state index contributed by atoms with van der Waals surface area (Å²) in [5.74, 6) is 0. The first-order valence-corrected chi connectivity index (χ1v) is 5.79. The summed E-state index contributed by atoms with van der Waals surface area (Å²) in [6.07, 6.45) is -7.82. The Morgan fingerprint density at radius 3 is 2.52 bits per heavy atom. The number of hydrogen-bond acceptors (Lipinski definition) is 4. The summed E-state index contributed by atoms with van der Waals surface area (Å²) in [4.78, 5) is 2.45. The Labute approximate surface area is 117 Å². The smallest absolute Gasteiger partial charge is 0.390 e. The zero-order valence-corrected chi connectivity index (χ0v) is 10.6. The van der Waals surface area contributed by atoms with Crippen molar-refractivity contribution >= 4 is 0 Å². The lowest BCUT2D eigenvalue weighted by molar-refractivity contribution is -0.137. The fourth-order valence-corrected chi connectivity index (χ4v) is 1.67. The van der Waals surface area contributed by atoms with Crippen LogP contribution in [0.2, 0.25) is 0 Å². The van der Waals surface area contributed by atoms with Crippen LogP contribution in [0.1, 0.15) is 29.2 Å². The Morgan fingerprint density at radius 2 is 2.00 bits per heavy atom. The molecule has 0 aliphatic heterocycles. The minimum absolute atomic E-state index is 0.112. The summed E-state index contributed by atoms with van der Waals surface area (Å²) in [6.45, 7) is -0.112. The number of halogens is 3. The molecule has 1 aromatic rings. The highest BCUT2D eigenvalue weighted by Gasteiger charge is 2.32. The second kappa shape index (κ2) is 6.95. The maximum Gasteiger partial charge on any atom is 0.416 e. The summed E-state index contributed by atoms with van der Waals surface area (Å²) >= 11 is 0. The van der Waals surface area contributed by atoms with Crippen LogP contribution in [-0.4, -0.2) is 22.9 Å². The lowest BCUT2D eigenvalue weighted by Gasteiger charge is -2.19. The maximum atomic E-state index is 12.7. The molecular weight excluding hydrogens is 289 g/mol. The number of rotatable bonds is 5. The molecule has 2 unspecified atom stereocenters. The normalized spacial score (nSPS) is 13.9. The number of benzene rings is 1. The van der Waals surface area contributed by atoms with Crippen LogP contribution in [0.15, 0.2) is 23.3 Å². The van der Waals surface area contributed by atoms with Gasteiger partial charge in [0.25, 0.3) is 0 Å². The lowest BCUT2D eigenvalue weighted by Crippen LogP contribution is -2.20. The number of nitriles is 1. The van der Waals surface area contributed by atoms with Crippen LogP contribution in [0, 0.1) is 11.3 Å². The van der Waals surface area contributed by atoms with E-state index < -0.39 is 23.9 Å². The fourth-order valence-electron chi connectivity index (χ4n) is 1.67. The van der Waals surface area contributed by atoms with E-state index in [-0.39, 0.29) is 24.1 Å². The summed E-state index contributed by atoms with van der Waals surface area (Å²) < 4.78 is 38.1. The quantitative estimate of drug-likeness (QED) is 0.495. The van der Waals surface area contributed by atoms with Crippen LogP contribution in [0.5, 0.6) is 0 Å². The number of azide groups is 1. The zero-order chi connectivity index (χ0) is 16.0. The van der Waals surface area contributed by atoms with Crippen LogP contribution in [0.4, 0.5) is 13.2 Å². The molecule has 2 N–H and O–H groups in total. The van der Waals surface area contributed by atoms with Gasteiger partial charge >= 0.3 is 6.18 Å². The van der Waals surface area contributed by atoms with E-state index >= 15 is 0 Å². The Hall–Kier alpha value is -2.27. The molecule has 0 aromatic heterocycles. The second-order valence-corrected chi connectivity index (χ2v) is 4.21. The molecule has 9 heteroatoms. The molecule has 0 saturated carbocycles. The molecule has 1 aromatic carbocycles. The van der Waals surface area contributed by atoms with Gasteiger partial charge in [0, 0.05) is 11.5 Å². The van der Waals surface area contributed by atoms with E-state index in [0.29, 0.717) is 12.1 Å². The summed E-state index contributed by atoms with van der Waals surface area (Å²) in [5.41, 5.74) is 6.49. The summed E-state index contributed by atoms with van der Waals surface area (Å²) in [5, 5.41) is 31.4. The van der Waals surface area contributed by atoms with Gasteiger partial charge in [-0.15, -0.1) is 0 Å². The van der Waals surface area contributed by atoms with Crippen LogP contribution in [0.25, 0.3) is 10.4 Å². The third-order valence-electron chi connectivity index (χ3n) is 2.71. The van der Waals surface area contributed by atoms with Crippen LogP contribution in [0.3, 0.4) is 0 Å². The van der Waals surface area contributed by atoms with E-state index in [4.69, 9.17) is 10.8 Å². The average Bonchev–Trinajstić information content (AvgIpc) is 2.45. The minimum Gasteiger partial charge on any atom is -0.390 e. The van der Waals surface area contributed by atoms with Crippen molar-refractivity contribution in [2.45, 2.75) is 24.8 Å². The van der Waals surface area contributed by atoms with Gasteiger partial charge in [-0.05, 0) is 35.7 Å². The van der Waals surface area contributed by atoms with Crippen molar-refractivity contribution in [2.24, 2.45) is 5.11 Å². The van der Waals surface area contributed by atoms with Crippen molar-refractivity contribution in [3.05, 3.63) is 45.3 Å². The highest BCUT2D eigenvalue weighted by Crippen LogP contribution is 2.32. The van der Waals surface area contributed by atoms with E-state index in [0.717, 1.165) is 6.07 Å². The van der Waals surface area contributed by atoms with E-state index in [1.807, 2.05) is 0 Å². The molecule has 0 radical (unpaired) electrons. The second-order valence-electron chi connectivity index (χ2n) is 4.21. The summed E-state index contributed by atoms with van der Waals surface area (Å²) in [6, 6.07) is 3.96. The van der Waals surface area contributed by atoms with Gasteiger partial charge in [0.15, 0.2) is 0 Å². The number of aliphatic hydroxyl groups is 2. The van der Waals surface area contributed by atoms with Gasteiger partial charge < -0.3 is 10.2 Å². The van der Waals surface area contributed by atoms with Crippen LogP contribution < -0.4 is 0 Å². The number of hydrogen-bond donors (Lipinski definition) is 2. The third kappa shape index (κ3) is 4.65. The topological polar surface area (TPSA) is 113 Å². The molecule has 2 atom stereocenters. The first-order chi connectivity index (χ1) is 9.79. The number of nitrogens with zero attached hydrogens (tertiary/aromatic N) is 4. The van der Waals surface area contributed by atoms with Gasteiger partial charge in [-0.1, -0.05) is 5.11 Å². The maximum absolute atomic E-state index is 12.7. The van der Waals surface area contributed by atoms with Crippen molar-refractivity contribution in [3.63, 3.8) is 0 Å². The van der Waals surface area contributed by atoms with E-state index in [1.54, 1.807) is 6.07 Å². The number of alkyl halides is 3. The lowest BCUT2D eigenvalue weighted by atomic mass is 9.97. The molecule has 0 spiro atoms. The molecule has 21 heavy (non-hydrogen) atoms. The molecule has 6 nitrogen and oxygen atoms in total. The SMILES string of the molecule is N#Cc1cc(C(O)C(O)CCN=[N+]=[N-])cc(C(F)(F)F)c1. The van der Waals surface area contributed by atoms with Gasteiger partial charge in [0.1, 0.15) is 6.10 Å². The van der Waals surface area contributed by atoms with Crippen molar-refractivity contribution in [3.8, 4) is 6.07 Å². The van der Waals surface area contributed by atoms with Gasteiger partial charge in [0.2, 0.25) is 0 Å². The van der Waals surface area contributed by atoms with Gasteiger partial charge in [-0.2, -0.15) is 18.4 Å². The molecule has 0 amide bonds. The predicted octanol–water partition coefficient (Wildman–Crippen LogP) is 2.67. The molecule has 0 bridgehead atoms. The Kier molecular flexibility index (Phi) is 5.55. The highest BCUT2D eigenvalue weighted by atomic mass is 19.4. The standard InChI is InChI=1S/C12H11F3N4O2/c13-12(14,15)9-4-7(6-16)3-8(5-9)11(21)10(20)1-2-18-19-17/h3-5,10-11,20-21H,1-2H2. The first-order valence-electron chi connectivity index (χ1n) is 5.79. The van der Waals surface area contributed by atoms with Crippen LogP contribution in [-0.2, 0) is 6.18 Å². The minimum atomic E-state index is -4.67. The monoisotopic (exact) mass is 300 g/mol. The van der Waals surface area contributed by atoms with E-state index in [9.17, 15) is 23.4 Å². The van der Waals surface area contributed by atoms with Crippen molar-refractivity contribution in [1.82, 2.24) is 0 Å². The molecule has 0 heterocycles. The van der Waals surface area contributed by atoms with E-state index in [2.05, 4.69) is 10.0 Å². The molecule has 1 rings (SSSR count).